The van der Waals surface area contributed by atoms with E-state index in [1.165, 1.54) is 17.5 Å². The van der Waals surface area contributed by atoms with Gasteiger partial charge in [-0.05, 0) is 41.8 Å². The molecule has 1 aromatic heterocycles. The van der Waals surface area contributed by atoms with E-state index in [4.69, 9.17) is 28.3 Å². The van der Waals surface area contributed by atoms with E-state index >= 15 is 0 Å². The normalized spacial score (nSPS) is 11.8. The Kier molecular flexibility index (Phi) is 6.48. The predicted molar refractivity (Wildman–Crippen MR) is 116 cm³/mol. The van der Waals surface area contributed by atoms with Gasteiger partial charge in [0.2, 0.25) is 0 Å². The Labute approximate surface area is 190 Å². The van der Waals surface area contributed by atoms with Crippen LogP contribution in [0.3, 0.4) is 0 Å². The highest BCUT2D eigenvalue weighted by atomic mass is 35.5. The lowest BCUT2D eigenvalue weighted by molar-refractivity contribution is 0.0696. The molecule has 0 atom stereocenters. The summed E-state index contributed by atoms with van der Waals surface area (Å²) in [7, 11) is -8.77. The number of carboxylic acids is 1. The van der Waals surface area contributed by atoms with E-state index in [0.29, 0.717) is 12.1 Å². The molecule has 3 N–H and O–H groups in total. The first-order valence-corrected chi connectivity index (χ1v) is 12.6. The predicted octanol–water partition coefficient (Wildman–Crippen LogP) is 4.49. The fourth-order valence-corrected chi connectivity index (χ4v) is 5.94. The molecule has 1 heterocycles. The van der Waals surface area contributed by atoms with Crippen LogP contribution in [0.5, 0.6) is 0 Å². The van der Waals surface area contributed by atoms with Crippen molar-refractivity contribution in [1.29, 1.82) is 0 Å². The van der Waals surface area contributed by atoms with Gasteiger partial charge in [-0.3, -0.25) is 9.44 Å². The molecule has 0 aliphatic heterocycles. The van der Waals surface area contributed by atoms with Crippen LogP contribution in [-0.2, 0) is 20.0 Å². The van der Waals surface area contributed by atoms with Crippen LogP contribution in [0, 0.1) is 5.82 Å². The molecule has 164 valence electrons. The first-order chi connectivity index (χ1) is 14.4. The third-order valence-corrected chi connectivity index (χ3v) is 8.64. The first kappa shape index (κ1) is 23.3. The average molecular weight is 525 g/mol. The zero-order valence-corrected chi connectivity index (χ0v) is 18.9. The summed E-state index contributed by atoms with van der Waals surface area (Å²) in [5.74, 6) is -2.67. The SMILES string of the molecule is O=C(O)c1ccc(F)c(S(=O)(=O)Nc2cc(Cl)c(Cl)cc2NS(=O)(=O)c2cccs2)c1. The van der Waals surface area contributed by atoms with Gasteiger partial charge in [0.05, 0.1) is 27.0 Å². The maximum Gasteiger partial charge on any atom is 0.335 e. The maximum atomic E-state index is 14.2. The number of anilines is 2. The minimum atomic E-state index is -4.68. The minimum Gasteiger partial charge on any atom is -0.478 e. The molecule has 0 aliphatic rings. The number of nitrogens with one attached hydrogen (secondary N) is 2. The van der Waals surface area contributed by atoms with Crippen LogP contribution in [0.1, 0.15) is 10.4 Å². The summed E-state index contributed by atoms with van der Waals surface area (Å²) in [6, 6.07) is 7.18. The second-order valence-electron chi connectivity index (χ2n) is 5.91. The summed E-state index contributed by atoms with van der Waals surface area (Å²) >= 11 is 12.8. The number of hydrogen-bond acceptors (Lipinski definition) is 6. The van der Waals surface area contributed by atoms with Crippen molar-refractivity contribution in [3.8, 4) is 0 Å². The van der Waals surface area contributed by atoms with Gasteiger partial charge in [0.25, 0.3) is 20.0 Å². The molecule has 0 fully saturated rings. The molecule has 0 spiro atoms. The van der Waals surface area contributed by atoms with Gasteiger partial charge in [0.15, 0.2) is 0 Å². The smallest absolute Gasteiger partial charge is 0.335 e. The number of aromatic carboxylic acids is 1. The molecule has 0 amide bonds. The van der Waals surface area contributed by atoms with Gasteiger partial charge in [-0.15, -0.1) is 11.3 Å². The number of benzene rings is 2. The number of thiophene rings is 1. The van der Waals surface area contributed by atoms with Gasteiger partial charge in [-0.2, -0.15) is 0 Å². The lowest BCUT2D eigenvalue weighted by atomic mass is 10.2. The van der Waals surface area contributed by atoms with Gasteiger partial charge in [-0.1, -0.05) is 29.3 Å². The number of sulfonamides is 2. The molecule has 0 saturated heterocycles. The maximum absolute atomic E-state index is 14.2. The molecule has 0 radical (unpaired) electrons. The topological polar surface area (TPSA) is 130 Å². The van der Waals surface area contributed by atoms with Crippen LogP contribution >= 0.6 is 34.5 Å². The van der Waals surface area contributed by atoms with E-state index in [1.54, 1.807) is 0 Å². The lowest BCUT2D eigenvalue weighted by Gasteiger charge is -2.16. The molecular formula is C17H11Cl2FN2O6S3. The van der Waals surface area contributed by atoms with Crippen LogP contribution in [0.15, 0.2) is 56.9 Å². The third-order valence-electron chi connectivity index (χ3n) is 3.78. The third kappa shape index (κ3) is 5.10. The molecule has 0 unspecified atom stereocenters. The van der Waals surface area contributed by atoms with E-state index in [9.17, 15) is 26.0 Å². The Balaban J connectivity index is 2.06. The molecule has 3 rings (SSSR count). The fourth-order valence-electron chi connectivity index (χ4n) is 2.37. The standard InChI is InChI=1S/C17H11Cl2FN2O6S3/c18-10-7-13(14(8-11(10)19)22-31(27,28)16-2-1-5-29-16)21-30(25,26)15-6-9(17(23)24)3-4-12(15)20/h1-8,21-22H,(H,23,24). The van der Waals surface area contributed by atoms with Crippen LogP contribution in [0.4, 0.5) is 15.8 Å². The summed E-state index contributed by atoms with van der Waals surface area (Å²) in [5.41, 5.74) is -1.09. The van der Waals surface area contributed by atoms with Gasteiger partial charge >= 0.3 is 5.97 Å². The molecule has 0 aliphatic carbocycles. The molecule has 31 heavy (non-hydrogen) atoms. The molecule has 0 saturated carbocycles. The number of rotatable bonds is 7. The Morgan fingerprint density at radius 2 is 1.52 bits per heavy atom. The highest BCUT2D eigenvalue weighted by molar-refractivity contribution is 7.94. The van der Waals surface area contributed by atoms with E-state index in [-0.39, 0.29) is 25.6 Å². The van der Waals surface area contributed by atoms with Crippen molar-refractivity contribution in [2.24, 2.45) is 0 Å². The largest absolute Gasteiger partial charge is 0.478 e. The van der Waals surface area contributed by atoms with Gasteiger partial charge in [-0.25, -0.2) is 26.0 Å². The Bertz CT molecular complexity index is 1380. The second kappa shape index (κ2) is 8.63. The summed E-state index contributed by atoms with van der Waals surface area (Å²) in [6.45, 7) is 0. The molecular weight excluding hydrogens is 514 g/mol. The zero-order valence-electron chi connectivity index (χ0n) is 15.0. The van der Waals surface area contributed by atoms with Crippen LogP contribution in [-0.4, -0.2) is 27.9 Å². The Morgan fingerprint density at radius 3 is 2.03 bits per heavy atom. The summed E-state index contributed by atoms with van der Waals surface area (Å²) < 4.78 is 68.9. The van der Waals surface area contributed by atoms with E-state index < -0.39 is 42.3 Å². The molecule has 8 nitrogen and oxygen atoms in total. The quantitative estimate of drug-likeness (QED) is 0.417. The fraction of sp³-hybridized carbons (Fsp3) is 0. The minimum absolute atomic E-state index is 0.0485. The number of carboxylic acid groups (broad SMARTS) is 1. The second-order valence-corrected chi connectivity index (χ2v) is 11.2. The highest BCUT2D eigenvalue weighted by Gasteiger charge is 2.25. The van der Waals surface area contributed by atoms with Crippen LogP contribution < -0.4 is 9.44 Å². The molecule has 2 aromatic carbocycles. The van der Waals surface area contributed by atoms with Crippen molar-refractivity contribution in [1.82, 2.24) is 0 Å². The summed E-state index contributed by atoms with van der Waals surface area (Å²) in [5, 5.41) is 10.4. The zero-order chi connectivity index (χ0) is 23.0. The van der Waals surface area contributed by atoms with E-state index in [1.807, 2.05) is 4.72 Å². The van der Waals surface area contributed by atoms with Gasteiger partial charge in [0.1, 0.15) is 14.9 Å². The molecule has 3 aromatic rings. The van der Waals surface area contributed by atoms with Crippen molar-refractivity contribution < 1.29 is 31.1 Å². The van der Waals surface area contributed by atoms with Crippen molar-refractivity contribution >= 4 is 71.9 Å². The highest BCUT2D eigenvalue weighted by Crippen LogP contribution is 2.36. The van der Waals surface area contributed by atoms with Crippen molar-refractivity contribution in [2.45, 2.75) is 9.10 Å². The summed E-state index contributed by atoms with van der Waals surface area (Å²) in [4.78, 5) is 10.2. The number of hydrogen-bond donors (Lipinski definition) is 3. The number of carbonyl (C=O) groups is 1. The molecule has 14 heteroatoms. The lowest BCUT2D eigenvalue weighted by Crippen LogP contribution is -2.18. The number of halogens is 3. The molecule has 0 bridgehead atoms. The van der Waals surface area contributed by atoms with Crippen molar-refractivity contribution in [3.63, 3.8) is 0 Å². The Hall–Kier alpha value is -2.38. The first-order valence-electron chi connectivity index (χ1n) is 8.02. The van der Waals surface area contributed by atoms with Gasteiger partial charge in [0, 0.05) is 0 Å². The average Bonchev–Trinajstić information content (AvgIpc) is 3.21. The summed E-state index contributed by atoms with van der Waals surface area (Å²) in [6.07, 6.45) is 0. The van der Waals surface area contributed by atoms with E-state index in [2.05, 4.69) is 4.72 Å². The van der Waals surface area contributed by atoms with Crippen LogP contribution in [0.25, 0.3) is 0 Å². The van der Waals surface area contributed by atoms with E-state index in [0.717, 1.165) is 29.5 Å². The Morgan fingerprint density at radius 1 is 0.935 bits per heavy atom. The van der Waals surface area contributed by atoms with Crippen molar-refractivity contribution in [2.75, 3.05) is 9.44 Å². The van der Waals surface area contributed by atoms with Crippen molar-refractivity contribution in [3.05, 3.63) is 69.3 Å². The monoisotopic (exact) mass is 524 g/mol. The van der Waals surface area contributed by atoms with Crippen LogP contribution in [0.2, 0.25) is 10.0 Å². The van der Waals surface area contributed by atoms with Gasteiger partial charge < -0.3 is 5.11 Å².